The number of hydrogen-bond acceptors (Lipinski definition) is 6. The minimum Gasteiger partial charge on any atom is -0.455 e. The van der Waals surface area contributed by atoms with Crippen molar-refractivity contribution in [2.24, 2.45) is 0 Å². The summed E-state index contributed by atoms with van der Waals surface area (Å²) >= 11 is 0. The van der Waals surface area contributed by atoms with Crippen LogP contribution in [0.25, 0.3) is 89.9 Å². The summed E-state index contributed by atoms with van der Waals surface area (Å²) in [4.78, 5) is 25.6. The van der Waals surface area contributed by atoms with Crippen LogP contribution < -0.4 is 0 Å². The Morgan fingerprint density at radius 2 is 0.962 bits per heavy atom. The van der Waals surface area contributed by atoms with Crippen LogP contribution in [-0.2, 0) is 5.41 Å². The van der Waals surface area contributed by atoms with Crippen molar-refractivity contribution in [1.82, 2.24) is 24.9 Å². The van der Waals surface area contributed by atoms with Gasteiger partial charge in [0.1, 0.15) is 11.2 Å². The topological polar surface area (TPSA) is 77.6 Å². The fourth-order valence-electron chi connectivity index (χ4n) is 7.60. The van der Waals surface area contributed by atoms with E-state index in [1.165, 1.54) is 5.56 Å². The van der Waals surface area contributed by atoms with E-state index in [4.69, 9.17) is 29.3 Å². The van der Waals surface area contributed by atoms with Gasteiger partial charge in [-0.3, -0.25) is 0 Å². The van der Waals surface area contributed by atoms with Crippen LogP contribution >= 0.6 is 0 Å². The molecule has 0 spiro atoms. The number of fused-ring (bicyclic) bond motifs is 6. The molecule has 6 aromatic carbocycles. The van der Waals surface area contributed by atoms with Gasteiger partial charge in [-0.25, -0.2) is 24.9 Å². The molecule has 1 aliphatic carbocycles. The van der Waals surface area contributed by atoms with Crippen molar-refractivity contribution in [3.05, 3.63) is 163 Å². The van der Waals surface area contributed by atoms with Crippen molar-refractivity contribution in [2.45, 2.75) is 19.3 Å². The van der Waals surface area contributed by atoms with E-state index >= 15 is 0 Å². The average Bonchev–Trinajstić information content (AvgIpc) is 3.71. The number of furan rings is 1. The van der Waals surface area contributed by atoms with Crippen molar-refractivity contribution in [3.63, 3.8) is 0 Å². The third-order valence-corrected chi connectivity index (χ3v) is 10.1. The van der Waals surface area contributed by atoms with Gasteiger partial charge in [0.2, 0.25) is 0 Å². The van der Waals surface area contributed by atoms with E-state index in [1.54, 1.807) is 0 Å². The quantitative estimate of drug-likeness (QED) is 0.181. The van der Waals surface area contributed by atoms with Gasteiger partial charge < -0.3 is 4.42 Å². The van der Waals surface area contributed by atoms with Crippen LogP contribution in [0.2, 0.25) is 0 Å². The Hall–Kier alpha value is -6.79. The lowest BCUT2D eigenvalue weighted by molar-refractivity contribution is 0.636. The molecule has 10 rings (SSSR count). The predicted octanol–water partition coefficient (Wildman–Crippen LogP) is 11.2. The fourth-order valence-corrected chi connectivity index (χ4v) is 7.60. The van der Waals surface area contributed by atoms with Crippen molar-refractivity contribution < 1.29 is 4.42 Å². The Labute approximate surface area is 300 Å². The monoisotopic (exact) mass is 669 g/mol. The summed E-state index contributed by atoms with van der Waals surface area (Å²) in [5.74, 6) is 2.50. The molecule has 246 valence electrons. The van der Waals surface area contributed by atoms with E-state index in [-0.39, 0.29) is 5.41 Å². The number of benzene rings is 6. The van der Waals surface area contributed by atoms with Gasteiger partial charge in [0.05, 0.1) is 11.4 Å². The first-order valence-corrected chi connectivity index (χ1v) is 17.4. The van der Waals surface area contributed by atoms with Crippen LogP contribution in [0, 0.1) is 0 Å². The molecule has 9 aromatic rings. The number of nitrogens with zero attached hydrogens (tertiary/aromatic N) is 5. The molecule has 0 N–H and O–H groups in total. The highest BCUT2D eigenvalue weighted by atomic mass is 16.3. The summed E-state index contributed by atoms with van der Waals surface area (Å²) in [6.45, 7) is 4.50. The van der Waals surface area contributed by atoms with Crippen LogP contribution in [0.5, 0.6) is 0 Å². The van der Waals surface area contributed by atoms with Crippen LogP contribution in [0.4, 0.5) is 0 Å². The molecule has 0 amide bonds. The van der Waals surface area contributed by atoms with Gasteiger partial charge in [0, 0.05) is 49.6 Å². The van der Waals surface area contributed by atoms with Gasteiger partial charge in [0.25, 0.3) is 0 Å². The van der Waals surface area contributed by atoms with E-state index in [0.29, 0.717) is 23.3 Å². The number of aromatic nitrogens is 5. The maximum atomic E-state index is 6.84. The zero-order valence-electron chi connectivity index (χ0n) is 28.6. The van der Waals surface area contributed by atoms with Gasteiger partial charge in [-0.2, -0.15) is 0 Å². The lowest BCUT2D eigenvalue weighted by atomic mass is 9.85. The smallest absolute Gasteiger partial charge is 0.164 e. The summed E-state index contributed by atoms with van der Waals surface area (Å²) in [6.07, 6.45) is 0. The third-order valence-electron chi connectivity index (χ3n) is 10.1. The zero-order chi connectivity index (χ0) is 34.8. The molecule has 0 unspecified atom stereocenters. The van der Waals surface area contributed by atoms with E-state index in [1.807, 2.05) is 91.0 Å². The first kappa shape index (κ1) is 30.1. The molecule has 0 atom stereocenters. The SMILES string of the molecule is CC1(C)c2ccccc2-c2c(-c3cccc4c3oc3cccc(-c5nc(-c6ccccc6)nc(-c6ccccc6)n5)c34)nc(-c3ccccc3)nc21. The lowest BCUT2D eigenvalue weighted by Gasteiger charge is -2.21. The summed E-state index contributed by atoms with van der Waals surface area (Å²) in [7, 11) is 0. The highest BCUT2D eigenvalue weighted by Crippen LogP contribution is 2.52. The highest BCUT2D eigenvalue weighted by Gasteiger charge is 2.40. The molecule has 0 fully saturated rings. The molecule has 0 aliphatic heterocycles. The minimum absolute atomic E-state index is 0.312. The van der Waals surface area contributed by atoms with E-state index in [2.05, 4.69) is 74.5 Å². The average molecular weight is 670 g/mol. The number of hydrogen-bond donors (Lipinski definition) is 0. The Balaban J connectivity index is 1.24. The van der Waals surface area contributed by atoms with Crippen LogP contribution in [0.3, 0.4) is 0 Å². The van der Waals surface area contributed by atoms with Crippen LogP contribution in [-0.4, -0.2) is 24.9 Å². The van der Waals surface area contributed by atoms with Gasteiger partial charge in [0.15, 0.2) is 23.3 Å². The van der Waals surface area contributed by atoms with Crippen molar-refractivity contribution >= 4 is 21.9 Å². The molecule has 6 nitrogen and oxygen atoms in total. The molecule has 3 heterocycles. The molecular formula is C46H31N5O. The molecular weight excluding hydrogens is 639 g/mol. The molecule has 6 heteroatoms. The third kappa shape index (κ3) is 4.68. The Kier molecular flexibility index (Phi) is 6.73. The molecule has 0 radical (unpaired) electrons. The van der Waals surface area contributed by atoms with E-state index in [0.717, 1.165) is 72.3 Å². The second kappa shape index (κ2) is 11.6. The van der Waals surface area contributed by atoms with E-state index < -0.39 is 0 Å². The van der Waals surface area contributed by atoms with Gasteiger partial charge in [-0.1, -0.05) is 153 Å². The van der Waals surface area contributed by atoms with Gasteiger partial charge in [-0.05, 0) is 23.3 Å². The Bertz CT molecular complexity index is 2750. The van der Waals surface area contributed by atoms with Crippen molar-refractivity contribution in [3.8, 4) is 67.9 Å². The van der Waals surface area contributed by atoms with Gasteiger partial charge >= 0.3 is 0 Å². The van der Waals surface area contributed by atoms with E-state index in [9.17, 15) is 0 Å². The highest BCUT2D eigenvalue weighted by molar-refractivity contribution is 6.15. The van der Waals surface area contributed by atoms with Crippen molar-refractivity contribution in [2.75, 3.05) is 0 Å². The Morgan fingerprint density at radius 1 is 0.442 bits per heavy atom. The minimum atomic E-state index is -0.312. The lowest BCUT2D eigenvalue weighted by Crippen LogP contribution is -2.17. The largest absolute Gasteiger partial charge is 0.455 e. The molecule has 3 aromatic heterocycles. The van der Waals surface area contributed by atoms with Crippen molar-refractivity contribution in [1.29, 1.82) is 0 Å². The second-order valence-electron chi connectivity index (χ2n) is 13.7. The van der Waals surface area contributed by atoms with Crippen LogP contribution in [0.15, 0.2) is 156 Å². The molecule has 0 saturated heterocycles. The normalized spacial score (nSPS) is 13.0. The molecule has 0 saturated carbocycles. The zero-order valence-corrected chi connectivity index (χ0v) is 28.6. The first-order chi connectivity index (χ1) is 25.5. The number of rotatable bonds is 5. The summed E-state index contributed by atoms with van der Waals surface area (Å²) in [5, 5.41) is 1.91. The number of para-hydroxylation sites is 1. The first-order valence-electron chi connectivity index (χ1n) is 17.4. The molecule has 52 heavy (non-hydrogen) atoms. The summed E-state index contributed by atoms with van der Waals surface area (Å²) in [6, 6.07) is 51.3. The van der Waals surface area contributed by atoms with Crippen LogP contribution in [0.1, 0.15) is 25.1 Å². The van der Waals surface area contributed by atoms with Gasteiger partial charge in [-0.15, -0.1) is 0 Å². The summed E-state index contributed by atoms with van der Waals surface area (Å²) < 4.78 is 6.84. The maximum Gasteiger partial charge on any atom is 0.164 e. The maximum absolute atomic E-state index is 6.84. The standard InChI is InChI=1S/C46H31N5O/c1-46(2)35-26-13-12-22-31(35)38-39(47-42(48-41(38)46)28-16-6-3-7-17-28)34-25-14-23-32-37-33(24-15-27-36(37)52-40(32)34)45-50-43(29-18-8-4-9-19-29)49-44(51-45)30-20-10-5-11-21-30/h3-27H,1-2H3. The molecule has 0 bridgehead atoms. The Morgan fingerprint density at radius 3 is 1.62 bits per heavy atom. The predicted molar refractivity (Wildman–Crippen MR) is 207 cm³/mol. The summed E-state index contributed by atoms with van der Waals surface area (Å²) in [5.41, 5.74) is 11.1. The fraction of sp³-hybridized carbons (Fsp3) is 0.0652. The second-order valence-corrected chi connectivity index (χ2v) is 13.7. The molecule has 1 aliphatic rings.